The number of imide groups is 2. The van der Waals surface area contributed by atoms with E-state index in [0.717, 1.165) is 9.80 Å². The molecule has 2 atom stereocenters. The number of carbonyl (C=O) groups is 4. The molecular weight excluding hydrogens is 312 g/mol. The predicted octanol–water partition coefficient (Wildman–Crippen LogP) is 1.36. The van der Waals surface area contributed by atoms with Gasteiger partial charge < -0.3 is 9.80 Å². The van der Waals surface area contributed by atoms with E-state index in [1.54, 1.807) is 32.9 Å². The third kappa shape index (κ3) is 1.85. The average molecular weight is 334 g/mol. The van der Waals surface area contributed by atoms with Crippen LogP contribution in [-0.4, -0.2) is 68.9 Å². The zero-order chi connectivity index (χ0) is 18.4. The van der Waals surface area contributed by atoms with Crippen LogP contribution < -0.4 is 0 Å². The minimum absolute atomic E-state index is 0.531. The fourth-order valence-corrected chi connectivity index (χ4v) is 3.50. The molecule has 8 nitrogen and oxygen atoms in total. The summed E-state index contributed by atoms with van der Waals surface area (Å²) in [5, 5.41) is 0. The standard InChI is InChI=1S/C16H22N4O4/c1-7-8-9-10-12(22)20-14(24)18(6)15(3)16(20,4)19(11(2)21)13(23)17(15)5/h7-10H,1-6H3/b8-7+,10-9+/t15-,16+/m1/s1. The molecule has 2 aliphatic heterocycles. The van der Waals surface area contributed by atoms with Crippen molar-refractivity contribution in [3.63, 3.8) is 0 Å². The number of carbonyl (C=O) groups excluding carboxylic acids is 4. The molecule has 0 aromatic carbocycles. The van der Waals surface area contributed by atoms with E-state index in [1.807, 2.05) is 0 Å². The van der Waals surface area contributed by atoms with Crippen molar-refractivity contribution in [2.24, 2.45) is 0 Å². The first-order valence-corrected chi connectivity index (χ1v) is 7.56. The van der Waals surface area contributed by atoms with Crippen molar-refractivity contribution in [3.8, 4) is 0 Å². The van der Waals surface area contributed by atoms with Crippen molar-refractivity contribution >= 4 is 23.9 Å². The number of rotatable bonds is 2. The topological polar surface area (TPSA) is 81.2 Å². The van der Waals surface area contributed by atoms with E-state index in [4.69, 9.17) is 0 Å². The Labute approximate surface area is 141 Å². The molecule has 0 radical (unpaired) electrons. The van der Waals surface area contributed by atoms with Crippen LogP contribution in [0.3, 0.4) is 0 Å². The van der Waals surface area contributed by atoms with E-state index in [-0.39, 0.29) is 0 Å². The summed E-state index contributed by atoms with van der Waals surface area (Å²) < 4.78 is 0. The Morgan fingerprint density at radius 3 is 1.88 bits per heavy atom. The van der Waals surface area contributed by atoms with E-state index in [0.29, 0.717) is 0 Å². The van der Waals surface area contributed by atoms with Crippen molar-refractivity contribution in [1.82, 2.24) is 19.6 Å². The quantitative estimate of drug-likeness (QED) is 0.564. The lowest BCUT2D eigenvalue weighted by Crippen LogP contribution is -2.65. The number of nitrogens with zero attached hydrogens (tertiary/aromatic N) is 4. The van der Waals surface area contributed by atoms with Gasteiger partial charge in [0.2, 0.25) is 5.91 Å². The van der Waals surface area contributed by atoms with E-state index in [2.05, 4.69) is 0 Å². The van der Waals surface area contributed by atoms with Crippen molar-refractivity contribution in [1.29, 1.82) is 0 Å². The molecule has 0 N–H and O–H groups in total. The van der Waals surface area contributed by atoms with Crippen molar-refractivity contribution in [3.05, 3.63) is 24.3 Å². The van der Waals surface area contributed by atoms with Gasteiger partial charge >= 0.3 is 12.1 Å². The van der Waals surface area contributed by atoms with Crippen LogP contribution in [0, 0.1) is 0 Å². The third-order valence-electron chi connectivity index (χ3n) is 5.11. The number of fused-ring (bicyclic) bond motifs is 1. The van der Waals surface area contributed by atoms with Gasteiger partial charge in [0.05, 0.1) is 0 Å². The highest BCUT2D eigenvalue weighted by Gasteiger charge is 2.75. The Hall–Kier alpha value is -2.64. The molecule has 0 aliphatic carbocycles. The van der Waals surface area contributed by atoms with Gasteiger partial charge in [0.1, 0.15) is 0 Å². The molecular formula is C16H22N4O4. The largest absolute Gasteiger partial charge is 0.330 e. The minimum Gasteiger partial charge on any atom is -0.300 e. The second kappa shape index (κ2) is 5.47. The van der Waals surface area contributed by atoms with Crippen molar-refractivity contribution in [2.45, 2.75) is 39.0 Å². The summed E-state index contributed by atoms with van der Waals surface area (Å²) in [7, 11) is 3.02. The molecule has 8 heteroatoms. The van der Waals surface area contributed by atoms with E-state index < -0.39 is 35.2 Å². The number of hydrogen-bond acceptors (Lipinski definition) is 4. The van der Waals surface area contributed by atoms with Crippen LogP contribution in [0.5, 0.6) is 0 Å². The molecule has 0 aromatic rings. The molecule has 2 aliphatic rings. The fraction of sp³-hybridized carbons (Fsp3) is 0.500. The van der Waals surface area contributed by atoms with Gasteiger partial charge in [-0.2, -0.15) is 0 Å². The number of hydrogen-bond donors (Lipinski definition) is 0. The van der Waals surface area contributed by atoms with Crippen LogP contribution in [0.15, 0.2) is 24.3 Å². The maximum absolute atomic E-state index is 12.7. The van der Waals surface area contributed by atoms with E-state index in [9.17, 15) is 19.2 Å². The molecule has 0 spiro atoms. The summed E-state index contributed by atoms with van der Waals surface area (Å²) in [6.45, 7) is 6.25. The third-order valence-corrected chi connectivity index (χ3v) is 5.11. The number of amides is 6. The molecule has 2 heterocycles. The maximum Gasteiger partial charge on any atom is 0.330 e. The normalized spacial score (nSPS) is 30.2. The fourth-order valence-electron chi connectivity index (χ4n) is 3.50. The second-order valence-electron chi connectivity index (χ2n) is 6.14. The van der Waals surface area contributed by atoms with Crippen molar-refractivity contribution in [2.75, 3.05) is 14.1 Å². The molecule has 130 valence electrons. The number of likely N-dealkylation sites (N-methyl/N-ethyl adjacent to an activating group) is 2. The summed E-state index contributed by atoms with van der Waals surface area (Å²) in [6.07, 6.45) is 6.14. The lowest BCUT2D eigenvalue weighted by Gasteiger charge is -2.42. The number of urea groups is 2. The van der Waals surface area contributed by atoms with Crippen LogP contribution >= 0.6 is 0 Å². The summed E-state index contributed by atoms with van der Waals surface area (Å²) in [6, 6.07) is -1.12. The van der Waals surface area contributed by atoms with Gasteiger partial charge in [-0.25, -0.2) is 19.4 Å². The summed E-state index contributed by atoms with van der Waals surface area (Å²) >= 11 is 0. The molecule has 2 saturated heterocycles. The van der Waals surface area contributed by atoms with Gasteiger partial charge in [0.25, 0.3) is 5.91 Å². The highest BCUT2D eigenvalue weighted by molar-refractivity contribution is 6.07. The number of allylic oxidation sites excluding steroid dienone is 3. The molecule has 0 bridgehead atoms. The van der Waals surface area contributed by atoms with Crippen molar-refractivity contribution < 1.29 is 19.2 Å². The first-order chi connectivity index (χ1) is 11.1. The summed E-state index contributed by atoms with van der Waals surface area (Å²) in [5.41, 5.74) is -2.62. The summed E-state index contributed by atoms with van der Waals surface area (Å²) in [5.74, 6) is -1.12. The average Bonchev–Trinajstić information content (AvgIpc) is 2.75. The van der Waals surface area contributed by atoms with Crippen LogP contribution in [0.4, 0.5) is 9.59 Å². The SMILES string of the molecule is C/C=C/C=C/C(=O)N1C(=O)N(C)[C@@]2(C)N(C)C(=O)N(C(C)=O)[C@@]12C. The van der Waals surface area contributed by atoms with Gasteiger partial charge in [0, 0.05) is 27.1 Å². The zero-order valence-corrected chi connectivity index (χ0v) is 14.7. The first kappa shape index (κ1) is 17.7. The smallest absolute Gasteiger partial charge is 0.300 e. The predicted molar refractivity (Wildman–Crippen MR) is 86.4 cm³/mol. The minimum atomic E-state index is -1.45. The zero-order valence-electron chi connectivity index (χ0n) is 14.7. The Kier molecular flexibility index (Phi) is 4.03. The maximum atomic E-state index is 12.7. The summed E-state index contributed by atoms with van der Waals surface area (Å²) in [4.78, 5) is 54.6. The van der Waals surface area contributed by atoms with Gasteiger partial charge in [-0.15, -0.1) is 0 Å². The highest BCUT2D eigenvalue weighted by Crippen LogP contribution is 2.50. The molecule has 0 aromatic heterocycles. The first-order valence-electron chi connectivity index (χ1n) is 7.56. The molecule has 2 fully saturated rings. The monoisotopic (exact) mass is 334 g/mol. The van der Waals surface area contributed by atoms with Gasteiger partial charge in [-0.1, -0.05) is 18.2 Å². The molecule has 0 unspecified atom stereocenters. The Balaban J connectivity index is 2.65. The van der Waals surface area contributed by atoms with Crippen LogP contribution in [0.1, 0.15) is 27.7 Å². The lowest BCUT2D eigenvalue weighted by atomic mass is 9.95. The lowest BCUT2D eigenvalue weighted by molar-refractivity contribution is -0.142. The van der Waals surface area contributed by atoms with Gasteiger partial charge in [-0.3, -0.25) is 9.59 Å². The highest BCUT2D eigenvalue weighted by atomic mass is 16.2. The van der Waals surface area contributed by atoms with E-state index >= 15 is 0 Å². The Morgan fingerprint density at radius 2 is 1.42 bits per heavy atom. The van der Waals surface area contributed by atoms with Crippen LogP contribution in [0.2, 0.25) is 0 Å². The van der Waals surface area contributed by atoms with E-state index in [1.165, 1.54) is 43.0 Å². The Morgan fingerprint density at radius 1 is 0.917 bits per heavy atom. The second-order valence-corrected chi connectivity index (χ2v) is 6.14. The Bertz CT molecular complexity index is 686. The van der Waals surface area contributed by atoms with Gasteiger partial charge in [-0.05, 0) is 20.8 Å². The molecule has 0 saturated carbocycles. The van der Waals surface area contributed by atoms with Gasteiger partial charge in [0.15, 0.2) is 11.3 Å². The molecule has 6 amide bonds. The van der Waals surface area contributed by atoms with Crippen LogP contribution in [0.25, 0.3) is 0 Å². The molecule has 24 heavy (non-hydrogen) atoms. The molecule has 2 rings (SSSR count). The van der Waals surface area contributed by atoms with Crippen LogP contribution in [-0.2, 0) is 9.59 Å².